The summed E-state index contributed by atoms with van der Waals surface area (Å²) in [6, 6.07) is 11.0. The molecule has 2 aromatic carbocycles. The van der Waals surface area contributed by atoms with Gasteiger partial charge < -0.3 is 10.1 Å². The van der Waals surface area contributed by atoms with E-state index in [4.69, 9.17) is 4.74 Å². The fraction of sp³-hybridized carbons (Fsp3) is 0.391. The van der Waals surface area contributed by atoms with Gasteiger partial charge in [0.1, 0.15) is 0 Å². The molecule has 0 aliphatic carbocycles. The molecule has 1 N–H and O–H groups in total. The molecular formula is C23H28N2O5S. The molecule has 0 unspecified atom stereocenters. The minimum Gasteiger partial charge on any atom is -0.462 e. The molecule has 1 fully saturated rings. The van der Waals surface area contributed by atoms with Gasteiger partial charge in [0, 0.05) is 24.3 Å². The highest BCUT2D eigenvalue weighted by molar-refractivity contribution is 7.89. The van der Waals surface area contributed by atoms with Crippen LogP contribution in [-0.4, -0.2) is 44.3 Å². The van der Waals surface area contributed by atoms with Crippen molar-refractivity contribution in [1.29, 1.82) is 0 Å². The maximum atomic E-state index is 13.1. The second kappa shape index (κ2) is 10.1. The van der Waals surface area contributed by atoms with Crippen LogP contribution >= 0.6 is 0 Å². The standard InChI is InChI=1S/C23H28N2O5S/c1-3-30-23(27)19-12-11-17(2)21(16-19)24-22(26)18-9-8-10-20(15-18)31(28,29)25-13-6-4-5-7-14-25/h8-12,15-16H,3-7,13-14H2,1-2H3,(H,24,26). The molecule has 8 heteroatoms. The molecular weight excluding hydrogens is 416 g/mol. The van der Waals surface area contributed by atoms with Crippen LogP contribution in [0.4, 0.5) is 5.69 Å². The lowest BCUT2D eigenvalue weighted by Crippen LogP contribution is -2.32. The lowest BCUT2D eigenvalue weighted by atomic mass is 10.1. The quantitative estimate of drug-likeness (QED) is 0.680. The van der Waals surface area contributed by atoms with Gasteiger partial charge in [-0.25, -0.2) is 13.2 Å². The number of aryl methyl sites for hydroxylation is 1. The Morgan fingerprint density at radius 3 is 2.39 bits per heavy atom. The molecule has 0 radical (unpaired) electrons. The fourth-order valence-corrected chi connectivity index (χ4v) is 5.08. The summed E-state index contributed by atoms with van der Waals surface area (Å²) in [4.78, 5) is 24.9. The normalized spacial score (nSPS) is 15.2. The summed E-state index contributed by atoms with van der Waals surface area (Å²) in [6.07, 6.45) is 3.74. The van der Waals surface area contributed by atoms with Gasteiger partial charge in [-0.2, -0.15) is 4.31 Å². The molecule has 2 aromatic rings. The first kappa shape index (κ1) is 23.0. The van der Waals surface area contributed by atoms with Crippen molar-refractivity contribution in [2.75, 3.05) is 25.0 Å². The number of nitrogens with zero attached hydrogens (tertiary/aromatic N) is 1. The van der Waals surface area contributed by atoms with Crippen LogP contribution in [0.25, 0.3) is 0 Å². The van der Waals surface area contributed by atoms with E-state index < -0.39 is 21.9 Å². The van der Waals surface area contributed by atoms with Crippen molar-refractivity contribution < 1.29 is 22.7 Å². The number of ether oxygens (including phenoxy) is 1. The van der Waals surface area contributed by atoms with Crippen LogP contribution in [0.2, 0.25) is 0 Å². The van der Waals surface area contributed by atoms with Gasteiger partial charge in [-0.3, -0.25) is 4.79 Å². The van der Waals surface area contributed by atoms with Gasteiger partial charge in [0.05, 0.1) is 17.1 Å². The largest absolute Gasteiger partial charge is 0.462 e. The SMILES string of the molecule is CCOC(=O)c1ccc(C)c(NC(=O)c2cccc(S(=O)(=O)N3CCCCCC3)c2)c1. The molecule has 1 aliphatic rings. The Morgan fingerprint density at radius 2 is 1.71 bits per heavy atom. The Balaban J connectivity index is 1.82. The number of hydrogen-bond donors (Lipinski definition) is 1. The highest BCUT2D eigenvalue weighted by Gasteiger charge is 2.26. The molecule has 1 saturated heterocycles. The van der Waals surface area contributed by atoms with Gasteiger partial charge in [0.25, 0.3) is 5.91 Å². The van der Waals surface area contributed by atoms with Crippen LogP contribution < -0.4 is 5.32 Å². The van der Waals surface area contributed by atoms with E-state index in [1.165, 1.54) is 16.4 Å². The van der Waals surface area contributed by atoms with Gasteiger partial charge >= 0.3 is 5.97 Å². The summed E-state index contributed by atoms with van der Waals surface area (Å²) < 4.78 is 32.6. The van der Waals surface area contributed by atoms with E-state index in [-0.39, 0.29) is 17.1 Å². The maximum Gasteiger partial charge on any atom is 0.338 e. The smallest absolute Gasteiger partial charge is 0.338 e. The fourth-order valence-electron chi connectivity index (χ4n) is 3.52. The van der Waals surface area contributed by atoms with Gasteiger partial charge in [0.15, 0.2) is 0 Å². The average molecular weight is 445 g/mol. The number of anilines is 1. The third-order valence-electron chi connectivity index (χ3n) is 5.30. The van der Waals surface area contributed by atoms with E-state index in [0.717, 1.165) is 31.2 Å². The number of carbonyl (C=O) groups excluding carboxylic acids is 2. The van der Waals surface area contributed by atoms with Gasteiger partial charge in [0.2, 0.25) is 10.0 Å². The summed E-state index contributed by atoms with van der Waals surface area (Å²) in [7, 11) is -3.65. The highest BCUT2D eigenvalue weighted by Crippen LogP contribution is 2.23. The summed E-state index contributed by atoms with van der Waals surface area (Å²) in [5.41, 5.74) is 1.81. The zero-order chi connectivity index (χ0) is 22.4. The lowest BCUT2D eigenvalue weighted by molar-refractivity contribution is 0.0526. The molecule has 0 aromatic heterocycles. The Labute approximate surface area is 183 Å². The van der Waals surface area contributed by atoms with Crippen LogP contribution in [0.3, 0.4) is 0 Å². The van der Waals surface area contributed by atoms with Crippen LogP contribution in [0, 0.1) is 6.92 Å². The van der Waals surface area contributed by atoms with Gasteiger partial charge in [-0.15, -0.1) is 0 Å². The molecule has 7 nitrogen and oxygen atoms in total. The van der Waals surface area contributed by atoms with E-state index in [2.05, 4.69) is 5.32 Å². The number of carbonyl (C=O) groups is 2. The van der Waals surface area contributed by atoms with Crippen molar-refractivity contribution in [1.82, 2.24) is 4.31 Å². The molecule has 1 heterocycles. The molecule has 1 aliphatic heterocycles. The minimum atomic E-state index is -3.65. The van der Waals surface area contributed by atoms with E-state index in [9.17, 15) is 18.0 Å². The molecule has 166 valence electrons. The Morgan fingerprint density at radius 1 is 1.00 bits per heavy atom. The van der Waals surface area contributed by atoms with E-state index in [1.54, 1.807) is 37.3 Å². The number of nitrogens with one attached hydrogen (secondary N) is 1. The molecule has 31 heavy (non-hydrogen) atoms. The zero-order valence-electron chi connectivity index (χ0n) is 17.9. The van der Waals surface area contributed by atoms with Crippen molar-refractivity contribution in [2.45, 2.75) is 44.4 Å². The highest BCUT2D eigenvalue weighted by atomic mass is 32.2. The molecule has 0 spiro atoms. The first-order chi connectivity index (χ1) is 14.8. The molecule has 1 amide bonds. The minimum absolute atomic E-state index is 0.110. The van der Waals surface area contributed by atoms with E-state index >= 15 is 0 Å². The summed E-state index contributed by atoms with van der Waals surface area (Å²) in [5, 5.41) is 2.78. The molecule has 0 bridgehead atoms. The third kappa shape index (κ3) is 5.51. The van der Waals surface area contributed by atoms with E-state index in [1.807, 2.05) is 6.92 Å². The monoisotopic (exact) mass is 444 g/mol. The predicted molar refractivity (Wildman–Crippen MR) is 119 cm³/mol. The number of esters is 1. The summed E-state index contributed by atoms with van der Waals surface area (Å²) >= 11 is 0. The van der Waals surface area contributed by atoms with Crippen molar-refractivity contribution in [3.63, 3.8) is 0 Å². The first-order valence-electron chi connectivity index (χ1n) is 10.5. The van der Waals surface area contributed by atoms with Crippen LogP contribution in [0.15, 0.2) is 47.4 Å². The number of benzene rings is 2. The third-order valence-corrected chi connectivity index (χ3v) is 7.19. The lowest BCUT2D eigenvalue weighted by Gasteiger charge is -2.20. The molecule has 0 saturated carbocycles. The number of amides is 1. The second-order valence-corrected chi connectivity index (χ2v) is 9.49. The second-order valence-electron chi connectivity index (χ2n) is 7.55. The van der Waals surface area contributed by atoms with Gasteiger partial charge in [-0.1, -0.05) is 25.0 Å². The number of hydrogen-bond acceptors (Lipinski definition) is 5. The average Bonchev–Trinajstić information content (AvgIpc) is 3.05. The molecule has 3 rings (SSSR count). The van der Waals surface area contributed by atoms with E-state index in [0.29, 0.717) is 24.3 Å². The van der Waals surface area contributed by atoms with Crippen molar-refractivity contribution in [2.24, 2.45) is 0 Å². The predicted octanol–water partition coefficient (Wildman–Crippen LogP) is 3.99. The Hall–Kier alpha value is -2.71. The Bertz CT molecular complexity index is 1060. The Kier molecular flexibility index (Phi) is 7.46. The van der Waals surface area contributed by atoms with Crippen molar-refractivity contribution in [3.8, 4) is 0 Å². The van der Waals surface area contributed by atoms with Crippen molar-refractivity contribution in [3.05, 3.63) is 59.2 Å². The summed E-state index contributed by atoms with van der Waals surface area (Å²) in [6.45, 7) is 4.79. The van der Waals surface area contributed by atoms with Gasteiger partial charge in [-0.05, 0) is 62.6 Å². The number of rotatable bonds is 6. The zero-order valence-corrected chi connectivity index (χ0v) is 18.7. The summed E-state index contributed by atoms with van der Waals surface area (Å²) in [5.74, 6) is -0.916. The van der Waals surface area contributed by atoms with Crippen LogP contribution in [0.1, 0.15) is 58.9 Å². The molecule has 0 atom stereocenters. The van der Waals surface area contributed by atoms with Crippen LogP contribution in [0.5, 0.6) is 0 Å². The van der Waals surface area contributed by atoms with Crippen LogP contribution in [-0.2, 0) is 14.8 Å². The first-order valence-corrected chi connectivity index (χ1v) is 12.0. The van der Waals surface area contributed by atoms with Crippen molar-refractivity contribution >= 4 is 27.6 Å². The topological polar surface area (TPSA) is 92.8 Å². The maximum absolute atomic E-state index is 13.1. The number of sulfonamides is 1.